The van der Waals surface area contributed by atoms with Crippen LogP contribution in [0.15, 0.2) is 34.0 Å². The van der Waals surface area contributed by atoms with Crippen molar-refractivity contribution < 1.29 is 4.52 Å². The van der Waals surface area contributed by atoms with Gasteiger partial charge in [-0.05, 0) is 18.9 Å². The summed E-state index contributed by atoms with van der Waals surface area (Å²) in [4.78, 5) is 10.6. The Hall–Kier alpha value is -1.68. The molecule has 0 radical (unpaired) electrons. The molecule has 0 atom stereocenters. The van der Waals surface area contributed by atoms with Gasteiger partial charge in [-0.25, -0.2) is 0 Å². The molecule has 1 aliphatic carbocycles. The summed E-state index contributed by atoms with van der Waals surface area (Å²) >= 11 is 6.14. The predicted molar refractivity (Wildman–Crippen MR) is 68.4 cm³/mol. The van der Waals surface area contributed by atoms with Crippen molar-refractivity contribution in [1.82, 2.24) is 5.16 Å². The maximum Gasteiger partial charge on any atom is 0.145 e. The number of benzene rings is 1. The molecule has 1 aliphatic rings. The summed E-state index contributed by atoms with van der Waals surface area (Å²) in [7, 11) is 0. The fraction of sp³-hybridized carbons (Fsp3) is 0.308. The minimum Gasteiger partial charge on any atom is -0.360 e. The first-order valence-electron chi connectivity index (χ1n) is 5.83. The average Bonchev–Trinajstić information content (AvgIpc) is 3.13. The normalized spacial score (nSPS) is 14.7. The van der Waals surface area contributed by atoms with Gasteiger partial charge in [0.05, 0.1) is 5.02 Å². The van der Waals surface area contributed by atoms with E-state index in [1.807, 2.05) is 18.2 Å². The monoisotopic (exact) mass is 262 g/mol. The van der Waals surface area contributed by atoms with E-state index in [1.165, 1.54) is 0 Å². The van der Waals surface area contributed by atoms with Crippen molar-refractivity contribution in [3.05, 3.63) is 45.5 Å². The lowest BCUT2D eigenvalue weighted by atomic mass is 10.0. The minimum atomic E-state index is 0.0793. The lowest BCUT2D eigenvalue weighted by Gasteiger charge is -2.01. The van der Waals surface area contributed by atoms with Crippen LogP contribution in [0, 0.1) is 4.91 Å². The fourth-order valence-corrected chi connectivity index (χ4v) is 2.30. The van der Waals surface area contributed by atoms with Crippen molar-refractivity contribution in [3.63, 3.8) is 0 Å². The van der Waals surface area contributed by atoms with Gasteiger partial charge in [0.2, 0.25) is 0 Å². The van der Waals surface area contributed by atoms with Crippen molar-refractivity contribution in [2.24, 2.45) is 5.18 Å². The van der Waals surface area contributed by atoms with E-state index < -0.39 is 0 Å². The van der Waals surface area contributed by atoms with Gasteiger partial charge in [-0.2, -0.15) is 4.91 Å². The first-order chi connectivity index (χ1) is 8.81. The van der Waals surface area contributed by atoms with Crippen LogP contribution in [0.1, 0.15) is 30.1 Å². The minimum absolute atomic E-state index is 0.0793. The van der Waals surface area contributed by atoms with Gasteiger partial charge >= 0.3 is 0 Å². The molecule has 2 aromatic rings. The van der Waals surface area contributed by atoms with Gasteiger partial charge in [-0.1, -0.05) is 40.1 Å². The molecule has 92 valence electrons. The lowest BCUT2D eigenvalue weighted by molar-refractivity contribution is 0.384. The first kappa shape index (κ1) is 11.4. The summed E-state index contributed by atoms with van der Waals surface area (Å²) in [5.74, 6) is 1.19. The third-order valence-corrected chi connectivity index (χ3v) is 3.45. The van der Waals surface area contributed by atoms with E-state index in [9.17, 15) is 4.91 Å². The molecule has 18 heavy (non-hydrogen) atoms. The van der Waals surface area contributed by atoms with Crippen LogP contribution in [0.25, 0.3) is 11.3 Å². The third-order valence-electron chi connectivity index (χ3n) is 3.12. The number of halogens is 1. The Bertz CT molecular complexity index is 590. The van der Waals surface area contributed by atoms with Crippen LogP contribution in [0.2, 0.25) is 5.02 Å². The van der Waals surface area contributed by atoms with Gasteiger partial charge in [0, 0.05) is 17.0 Å². The average molecular weight is 263 g/mol. The summed E-state index contributed by atoms with van der Waals surface area (Å²) in [5.41, 5.74) is 2.20. The SMILES string of the molecule is O=NCc1c(-c2ccccc2Cl)noc1C1CC1. The molecule has 0 amide bonds. The quantitative estimate of drug-likeness (QED) is 0.778. The van der Waals surface area contributed by atoms with E-state index in [-0.39, 0.29) is 6.54 Å². The van der Waals surface area contributed by atoms with Crippen LogP contribution in [0.4, 0.5) is 0 Å². The molecular weight excluding hydrogens is 252 g/mol. The molecule has 0 unspecified atom stereocenters. The molecule has 1 fully saturated rings. The second-order valence-corrected chi connectivity index (χ2v) is 4.82. The van der Waals surface area contributed by atoms with Crippen molar-refractivity contribution >= 4 is 11.6 Å². The molecular formula is C13H11ClN2O2. The zero-order chi connectivity index (χ0) is 12.5. The third kappa shape index (κ3) is 1.93. The maximum atomic E-state index is 10.6. The first-order valence-corrected chi connectivity index (χ1v) is 6.21. The highest BCUT2D eigenvalue weighted by Crippen LogP contribution is 2.44. The molecule has 1 aromatic carbocycles. The number of aromatic nitrogens is 1. The Morgan fingerprint density at radius 3 is 2.83 bits per heavy atom. The summed E-state index contributed by atoms with van der Waals surface area (Å²) in [5, 5.41) is 7.64. The van der Waals surface area contributed by atoms with Gasteiger partial charge in [-0.15, -0.1) is 0 Å². The smallest absolute Gasteiger partial charge is 0.145 e. The predicted octanol–water partition coefficient (Wildman–Crippen LogP) is 4.14. The largest absolute Gasteiger partial charge is 0.360 e. The van der Waals surface area contributed by atoms with E-state index in [1.54, 1.807) is 6.07 Å². The Balaban J connectivity index is 2.11. The fourth-order valence-electron chi connectivity index (χ4n) is 2.07. The number of rotatable bonds is 4. The van der Waals surface area contributed by atoms with E-state index in [0.717, 1.165) is 29.7 Å². The maximum absolute atomic E-state index is 10.6. The highest BCUT2D eigenvalue weighted by atomic mass is 35.5. The molecule has 5 heteroatoms. The second kappa shape index (κ2) is 4.53. The van der Waals surface area contributed by atoms with Gasteiger partial charge in [0.15, 0.2) is 0 Å². The van der Waals surface area contributed by atoms with Crippen LogP contribution in [0.5, 0.6) is 0 Å². The summed E-state index contributed by atoms with van der Waals surface area (Å²) in [6.07, 6.45) is 2.17. The van der Waals surface area contributed by atoms with Crippen molar-refractivity contribution in [1.29, 1.82) is 0 Å². The van der Waals surface area contributed by atoms with Crippen molar-refractivity contribution in [3.8, 4) is 11.3 Å². The molecule has 0 spiro atoms. The number of hydrogen-bond donors (Lipinski definition) is 0. The Kier molecular flexibility index (Phi) is 2.88. The zero-order valence-corrected chi connectivity index (χ0v) is 10.4. The number of hydrogen-bond acceptors (Lipinski definition) is 4. The number of nitroso groups, excluding NO2 is 1. The molecule has 0 aliphatic heterocycles. The highest BCUT2D eigenvalue weighted by molar-refractivity contribution is 6.33. The zero-order valence-electron chi connectivity index (χ0n) is 9.60. The highest BCUT2D eigenvalue weighted by Gasteiger charge is 2.32. The van der Waals surface area contributed by atoms with E-state index in [4.69, 9.17) is 16.1 Å². The summed E-state index contributed by atoms with van der Waals surface area (Å²) in [6, 6.07) is 7.39. The summed E-state index contributed by atoms with van der Waals surface area (Å²) < 4.78 is 5.37. The van der Waals surface area contributed by atoms with E-state index >= 15 is 0 Å². The van der Waals surface area contributed by atoms with Crippen LogP contribution in [0.3, 0.4) is 0 Å². The van der Waals surface area contributed by atoms with Gasteiger partial charge < -0.3 is 4.52 Å². The van der Waals surface area contributed by atoms with Gasteiger partial charge in [0.25, 0.3) is 0 Å². The lowest BCUT2D eigenvalue weighted by Crippen LogP contribution is -1.89. The molecule has 0 N–H and O–H groups in total. The Morgan fingerprint density at radius 2 is 2.17 bits per heavy atom. The van der Waals surface area contributed by atoms with Crippen LogP contribution < -0.4 is 0 Å². The molecule has 0 bridgehead atoms. The topological polar surface area (TPSA) is 55.5 Å². The van der Waals surface area contributed by atoms with Crippen molar-refractivity contribution in [2.75, 3.05) is 0 Å². The van der Waals surface area contributed by atoms with Crippen LogP contribution in [-0.2, 0) is 6.54 Å². The molecule has 1 aromatic heterocycles. The molecule has 4 nitrogen and oxygen atoms in total. The van der Waals surface area contributed by atoms with Gasteiger partial charge in [0.1, 0.15) is 18.0 Å². The molecule has 0 saturated heterocycles. The Morgan fingerprint density at radius 1 is 1.39 bits per heavy atom. The van der Waals surface area contributed by atoms with Crippen molar-refractivity contribution in [2.45, 2.75) is 25.3 Å². The van der Waals surface area contributed by atoms with Crippen LogP contribution in [-0.4, -0.2) is 5.16 Å². The van der Waals surface area contributed by atoms with E-state index in [0.29, 0.717) is 16.6 Å². The van der Waals surface area contributed by atoms with Gasteiger partial charge in [-0.3, -0.25) is 0 Å². The number of nitrogens with zero attached hydrogens (tertiary/aromatic N) is 2. The molecule has 3 rings (SSSR count). The molecule has 1 saturated carbocycles. The second-order valence-electron chi connectivity index (χ2n) is 4.42. The summed E-state index contributed by atoms with van der Waals surface area (Å²) in [6.45, 7) is 0.0793. The molecule has 1 heterocycles. The van der Waals surface area contributed by atoms with Crippen LogP contribution >= 0.6 is 11.6 Å². The van der Waals surface area contributed by atoms with E-state index in [2.05, 4.69) is 10.3 Å². The Labute approximate surface area is 109 Å². The standard InChI is InChI=1S/C13H11ClN2O2/c14-11-4-2-1-3-9(11)12-10(7-15-17)13(18-16-12)8-5-6-8/h1-4,8H,5-7H2.